The number of hydrogen-bond acceptors (Lipinski definition) is 7. The van der Waals surface area contributed by atoms with Gasteiger partial charge >= 0.3 is 5.97 Å². The van der Waals surface area contributed by atoms with Crippen molar-refractivity contribution in [1.29, 1.82) is 0 Å². The van der Waals surface area contributed by atoms with E-state index >= 15 is 0 Å². The average Bonchev–Trinajstić information content (AvgIpc) is 3.16. The molecule has 10 N–H and O–H groups in total. The molecule has 0 aromatic heterocycles. The van der Waals surface area contributed by atoms with Crippen LogP contribution in [0.25, 0.3) is 0 Å². The average molecular weight is 415 g/mol. The molecule has 0 saturated carbocycles. The van der Waals surface area contributed by atoms with Gasteiger partial charge in [-0.05, 0) is 25.7 Å². The number of guanidine groups is 1. The van der Waals surface area contributed by atoms with Gasteiger partial charge in [-0.15, -0.1) is 0 Å². The number of carboxylic acids is 1. The summed E-state index contributed by atoms with van der Waals surface area (Å²) in [7, 11) is 0. The smallest absolute Gasteiger partial charge is 0.328 e. The number of likely N-dealkylation sites (tertiary alicyclic amines) is 1. The summed E-state index contributed by atoms with van der Waals surface area (Å²) in [4.78, 5) is 52.6. The predicted molar refractivity (Wildman–Crippen MR) is 102 cm³/mol. The fourth-order valence-corrected chi connectivity index (χ4v) is 2.87. The molecule has 1 rings (SSSR count). The molecule has 164 valence electrons. The van der Waals surface area contributed by atoms with Gasteiger partial charge in [0.1, 0.15) is 12.1 Å². The van der Waals surface area contributed by atoms with E-state index in [0.29, 0.717) is 38.8 Å². The topological polar surface area (TPSA) is 226 Å². The van der Waals surface area contributed by atoms with Gasteiger partial charge in [0.15, 0.2) is 5.96 Å². The molecular formula is C16H29N7O6. The van der Waals surface area contributed by atoms with Crippen molar-refractivity contribution in [3.63, 3.8) is 0 Å². The quantitative estimate of drug-likeness (QED) is 0.0990. The van der Waals surface area contributed by atoms with Crippen molar-refractivity contribution in [1.82, 2.24) is 15.5 Å². The highest BCUT2D eigenvalue weighted by atomic mass is 16.4. The number of nitrogens with zero attached hydrogens (tertiary/aromatic N) is 2. The zero-order chi connectivity index (χ0) is 22.0. The van der Waals surface area contributed by atoms with Crippen LogP contribution >= 0.6 is 0 Å². The van der Waals surface area contributed by atoms with Crippen LogP contribution in [0.3, 0.4) is 0 Å². The minimum Gasteiger partial charge on any atom is -0.480 e. The van der Waals surface area contributed by atoms with E-state index in [0.717, 1.165) is 0 Å². The summed E-state index contributed by atoms with van der Waals surface area (Å²) in [5, 5.41) is 22.1. The van der Waals surface area contributed by atoms with Crippen LogP contribution in [0, 0.1) is 0 Å². The van der Waals surface area contributed by atoms with Crippen molar-refractivity contribution in [2.75, 3.05) is 26.2 Å². The van der Waals surface area contributed by atoms with Gasteiger partial charge in [0, 0.05) is 13.1 Å². The number of aliphatic hydroxyl groups excluding tert-OH is 1. The van der Waals surface area contributed by atoms with Crippen molar-refractivity contribution < 1.29 is 29.4 Å². The van der Waals surface area contributed by atoms with Crippen molar-refractivity contribution in [3.8, 4) is 0 Å². The van der Waals surface area contributed by atoms with Gasteiger partial charge in [0.05, 0.1) is 19.2 Å². The Morgan fingerprint density at radius 1 is 1.24 bits per heavy atom. The minimum absolute atomic E-state index is 0.0427. The van der Waals surface area contributed by atoms with Gasteiger partial charge in [0.25, 0.3) is 0 Å². The maximum Gasteiger partial charge on any atom is 0.328 e. The molecule has 1 fully saturated rings. The Kier molecular flexibility index (Phi) is 9.82. The number of carboxylic acid groups (broad SMARTS) is 1. The van der Waals surface area contributed by atoms with Crippen LogP contribution < -0.4 is 27.8 Å². The van der Waals surface area contributed by atoms with E-state index in [1.54, 1.807) is 0 Å². The second-order valence-corrected chi connectivity index (χ2v) is 6.60. The van der Waals surface area contributed by atoms with E-state index in [4.69, 9.17) is 27.4 Å². The fourth-order valence-electron chi connectivity index (χ4n) is 2.87. The first-order valence-corrected chi connectivity index (χ1v) is 9.19. The first-order chi connectivity index (χ1) is 13.7. The standard InChI is InChI=1S/C16H29N7O6/c17-9(3-1-5-20-16(18)19)14(27)23-6-2-4-11(23)13(26)21-7-12(25)22-10(8-24)15(28)29/h9-11,24H,1-8,17H2,(H,21,26)(H,22,25)(H,28,29)(H4,18,19,20). The van der Waals surface area contributed by atoms with Gasteiger partial charge in [-0.25, -0.2) is 4.79 Å². The number of carbonyl (C=O) groups is 4. The number of aliphatic hydroxyl groups is 1. The van der Waals surface area contributed by atoms with Gasteiger partial charge in [-0.1, -0.05) is 0 Å². The van der Waals surface area contributed by atoms with E-state index in [-0.39, 0.29) is 11.9 Å². The highest BCUT2D eigenvalue weighted by molar-refractivity contribution is 5.93. The highest BCUT2D eigenvalue weighted by Crippen LogP contribution is 2.19. The second-order valence-electron chi connectivity index (χ2n) is 6.60. The molecule has 0 aromatic rings. The summed E-state index contributed by atoms with van der Waals surface area (Å²) in [6, 6.07) is -3.02. The Morgan fingerprint density at radius 2 is 1.93 bits per heavy atom. The molecule has 0 radical (unpaired) electrons. The van der Waals surface area contributed by atoms with Crippen molar-refractivity contribution in [2.45, 2.75) is 43.8 Å². The largest absolute Gasteiger partial charge is 0.480 e. The third kappa shape index (κ3) is 7.91. The van der Waals surface area contributed by atoms with Gasteiger partial charge in [-0.3, -0.25) is 19.4 Å². The Morgan fingerprint density at radius 3 is 2.52 bits per heavy atom. The van der Waals surface area contributed by atoms with Crippen LogP contribution in [-0.2, 0) is 19.2 Å². The van der Waals surface area contributed by atoms with Crippen molar-refractivity contribution in [3.05, 3.63) is 0 Å². The molecular weight excluding hydrogens is 386 g/mol. The molecule has 1 aliphatic rings. The molecule has 0 aromatic carbocycles. The van der Waals surface area contributed by atoms with Crippen molar-refractivity contribution >= 4 is 29.7 Å². The fraction of sp³-hybridized carbons (Fsp3) is 0.688. The predicted octanol–water partition coefficient (Wildman–Crippen LogP) is -3.96. The molecule has 13 heteroatoms. The highest BCUT2D eigenvalue weighted by Gasteiger charge is 2.36. The zero-order valence-corrected chi connectivity index (χ0v) is 16.0. The second kappa shape index (κ2) is 11.8. The zero-order valence-electron chi connectivity index (χ0n) is 16.0. The van der Waals surface area contributed by atoms with Gasteiger partial charge in [0.2, 0.25) is 17.7 Å². The molecule has 3 amide bonds. The number of hydrogen-bond donors (Lipinski definition) is 7. The molecule has 0 spiro atoms. The lowest BCUT2D eigenvalue weighted by molar-refractivity contribution is -0.143. The van der Waals surface area contributed by atoms with Crippen LogP contribution in [0.1, 0.15) is 25.7 Å². The van der Waals surface area contributed by atoms with Crippen LogP contribution in [0.15, 0.2) is 4.99 Å². The Balaban J connectivity index is 2.52. The van der Waals surface area contributed by atoms with E-state index in [9.17, 15) is 19.2 Å². The first-order valence-electron chi connectivity index (χ1n) is 9.19. The van der Waals surface area contributed by atoms with Crippen LogP contribution in [0.2, 0.25) is 0 Å². The van der Waals surface area contributed by atoms with E-state index in [2.05, 4.69) is 15.6 Å². The summed E-state index contributed by atoms with van der Waals surface area (Å²) < 4.78 is 0. The molecule has 1 aliphatic heterocycles. The van der Waals surface area contributed by atoms with E-state index < -0.39 is 49.1 Å². The Labute approximate surface area is 167 Å². The summed E-state index contributed by atoms with van der Waals surface area (Å²) in [5.74, 6) is -3.11. The first kappa shape index (κ1) is 24.1. The molecule has 0 aliphatic carbocycles. The molecule has 0 bridgehead atoms. The normalized spacial score (nSPS) is 17.9. The van der Waals surface area contributed by atoms with Crippen molar-refractivity contribution in [2.24, 2.45) is 22.2 Å². The third-order valence-corrected chi connectivity index (χ3v) is 4.36. The van der Waals surface area contributed by atoms with Crippen LogP contribution in [0.4, 0.5) is 0 Å². The number of nitrogens with one attached hydrogen (secondary N) is 2. The number of carbonyl (C=O) groups excluding carboxylic acids is 3. The summed E-state index contributed by atoms with van der Waals surface area (Å²) in [5.41, 5.74) is 16.4. The maximum atomic E-state index is 12.5. The van der Waals surface area contributed by atoms with E-state index in [1.807, 2.05) is 0 Å². The molecule has 3 atom stereocenters. The lowest BCUT2D eigenvalue weighted by atomic mass is 10.1. The molecule has 1 heterocycles. The van der Waals surface area contributed by atoms with Crippen LogP contribution in [-0.4, -0.2) is 89.1 Å². The minimum atomic E-state index is -1.46. The molecule has 13 nitrogen and oxygen atoms in total. The molecule has 1 saturated heterocycles. The number of aliphatic carboxylic acids is 1. The number of amides is 3. The van der Waals surface area contributed by atoms with Gasteiger partial charge in [-0.2, -0.15) is 0 Å². The third-order valence-electron chi connectivity index (χ3n) is 4.36. The van der Waals surface area contributed by atoms with Gasteiger partial charge < -0.3 is 42.9 Å². The summed E-state index contributed by atoms with van der Waals surface area (Å²) >= 11 is 0. The monoisotopic (exact) mass is 415 g/mol. The molecule has 29 heavy (non-hydrogen) atoms. The van der Waals surface area contributed by atoms with E-state index in [1.165, 1.54) is 4.90 Å². The van der Waals surface area contributed by atoms with Crippen LogP contribution in [0.5, 0.6) is 0 Å². The summed E-state index contributed by atoms with van der Waals surface area (Å²) in [6.45, 7) is -0.545. The Hall–Kier alpha value is -2.93. The number of nitrogens with two attached hydrogens (primary N) is 3. The lowest BCUT2D eigenvalue weighted by Crippen LogP contribution is -2.53. The Bertz CT molecular complexity index is 637. The SMILES string of the molecule is NC(N)=NCCCC(N)C(=O)N1CCCC1C(=O)NCC(=O)NC(CO)C(=O)O. The lowest BCUT2D eigenvalue weighted by Gasteiger charge is -2.26. The molecule has 3 unspecified atom stereocenters. The summed E-state index contributed by atoms with van der Waals surface area (Å²) in [6.07, 6.45) is 1.89. The number of rotatable bonds is 11. The number of aliphatic imine (C=N–C) groups is 1. The maximum absolute atomic E-state index is 12.5.